The number of nitrogens with two attached hydrogens (primary N) is 1. The number of hydrogen-bond donors (Lipinski definition) is 2. The molecular formula is C15H24N2O2S. The van der Waals surface area contributed by atoms with Crippen molar-refractivity contribution in [2.24, 2.45) is 5.73 Å². The van der Waals surface area contributed by atoms with Gasteiger partial charge in [0.2, 0.25) is 0 Å². The molecule has 112 valence electrons. The van der Waals surface area contributed by atoms with Crippen molar-refractivity contribution in [2.45, 2.75) is 43.7 Å². The van der Waals surface area contributed by atoms with E-state index in [0.29, 0.717) is 6.54 Å². The predicted octanol–water partition coefficient (Wildman–Crippen LogP) is 2.80. The first-order valence-corrected chi connectivity index (χ1v) is 7.88. The van der Waals surface area contributed by atoms with Crippen LogP contribution in [0.2, 0.25) is 0 Å². The normalized spacial score (nSPS) is 12.8. The topological polar surface area (TPSA) is 64.3 Å². The number of benzene rings is 1. The van der Waals surface area contributed by atoms with Gasteiger partial charge >= 0.3 is 6.09 Å². The first-order valence-electron chi connectivity index (χ1n) is 6.65. The summed E-state index contributed by atoms with van der Waals surface area (Å²) in [6.45, 7) is 5.90. The second kappa shape index (κ2) is 7.55. The van der Waals surface area contributed by atoms with Crippen molar-refractivity contribution in [3.63, 3.8) is 0 Å². The summed E-state index contributed by atoms with van der Waals surface area (Å²) in [6.07, 6.45) is 2.35. The van der Waals surface area contributed by atoms with Crippen molar-refractivity contribution in [1.29, 1.82) is 0 Å². The number of hydrogen-bond acceptors (Lipinski definition) is 4. The van der Waals surface area contributed by atoms with Crippen molar-refractivity contribution in [3.8, 4) is 0 Å². The highest BCUT2D eigenvalue weighted by Crippen LogP contribution is 2.15. The molecule has 3 N–H and O–H groups in total. The highest BCUT2D eigenvalue weighted by atomic mass is 32.2. The van der Waals surface area contributed by atoms with Gasteiger partial charge in [-0.2, -0.15) is 0 Å². The molecule has 0 aromatic heterocycles. The Kier molecular flexibility index (Phi) is 6.36. The van der Waals surface area contributed by atoms with Crippen LogP contribution in [-0.2, 0) is 11.2 Å². The lowest BCUT2D eigenvalue weighted by Crippen LogP contribution is -2.41. The molecular weight excluding hydrogens is 272 g/mol. The van der Waals surface area contributed by atoms with E-state index in [1.54, 1.807) is 11.8 Å². The molecule has 0 saturated carbocycles. The standard InChI is InChI=1S/C15H24N2O2S/c1-15(2,3)19-14(18)17-10-12(16)9-11-5-7-13(20-4)8-6-11/h5-8,12H,9-10,16H2,1-4H3,(H,17,18). The Balaban J connectivity index is 2.36. The highest BCUT2D eigenvalue weighted by molar-refractivity contribution is 7.98. The van der Waals surface area contributed by atoms with Crippen LogP contribution in [0.25, 0.3) is 0 Å². The number of carbonyl (C=O) groups excluding carboxylic acids is 1. The fraction of sp³-hybridized carbons (Fsp3) is 0.533. The third kappa shape index (κ3) is 6.82. The monoisotopic (exact) mass is 296 g/mol. The number of alkyl carbamates (subject to hydrolysis) is 1. The van der Waals surface area contributed by atoms with Gasteiger partial charge in [0.25, 0.3) is 0 Å². The van der Waals surface area contributed by atoms with E-state index >= 15 is 0 Å². The molecule has 0 aliphatic rings. The first-order chi connectivity index (χ1) is 9.30. The zero-order valence-corrected chi connectivity index (χ0v) is 13.4. The number of carbonyl (C=O) groups is 1. The van der Waals surface area contributed by atoms with Crippen LogP contribution in [0, 0.1) is 0 Å². The highest BCUT2D eigenvalue weighted by Gasteiger charge is 2.16. The molecule has 0 heterocycles. The lowest BCUT2D eigenvalue weighted by atomic mass is 10.1. The minimum atomic E-state index is -0.484. The third-order valence-electron chi connectivity index (χ3n) is 2.56. The van der Waals surface area contributed by atoms with Crippen molar-refractivity contribution in [2.75, 3.05) is 12.8 Å². The van der Waals surface area contributed by atoms with Gasteiger partial charge in [-0.3, -0.25) is 0 Å². The first kappa shape index (κ1) is 16.9. The van der Waals surface area contributed by atoms with Gasteiger partial charge in [-0.25, -0.2) is 4.79 Å². The van der Waals surface area contributed by atoms with Gasteiger partial charge in [-0.1, -0.05) is 12.1 Å². The summed E-state index contributed by atoms with van der Waals surface area (Å²) in [4.78, 5) is 12.7. The Hall–Kier alpha value is -1.20. The molecule has 0 spiro atoms. The number of ether oxygens (including phenoxy) is 1. The second-order valence-corrected chi connectivity index (χ2v) is 6.57. The maximum atomic E-state index is 11.5. The van der Waals surface area contributed by atoms with E-state index in [1.165, 1.54) is 10.5 Å². The summed E-state index contributed by atoms with van der Waals surface area (Å²) in [5.41, 5.74) is 6.70. The van der Waals surface area contributed by atoms with Crippen molar-refractivity contribution in [3.05, 3.63) is 29.8 Å². The Morgan fingerprint density at radius 3 is 2.45 bits per heavy atom. The van der Waals surface area contributed by atoms with Gasteiger partial charge in [0.15, 0.2) is 0 Å². The van der Waals surface area contributed by atoms with E-state index in [-0.39, 0.29) is 6.04 Å². The molecule has 20 heavy (non-hydrogen) atoms. The number of amides is 1. The van der Waals surface area contributed by atoms with Crippen LogP contribution in [0.4, 0.5) is 4.79 Å². The number of nitrogens with one attached hydrogen (secondary N) is 1. The van der Waals surface area contributed by atoms with Crippen LogP contribution in [0.5, 0.6) is 0 Å². The van der Waals surface area contributed by atoms with Gasteiger partial charge in [0.1, 0.15) is 5.60 Å². The zero-order valence-electron chi connectivity index (χ0n) is 12.6. The van der Waals surface area contributed by atoms with Crippen LogP contribution in [-0.4, -0.2) is 30.5 Å². The minimum Gasteiger partial charge on any atom is -0.444 e. The molecule has 0 radical (unpaired) electrons. The summed E-state index contributed by atoms with van der Waals surface area (Å²) in [5.74, 6) is 0. The summed E-state index contributed by atoms with van der Waals surface area (Å²) in [5, 5.41) is 2.69. The summed E-state index contributed by atoms with van der Waals surface area (Å²) < 4.78 is 5.16. The molecule has 1 atom stereocenters. The zero-order chi connectivity index (χ0) is 15.2. The van der Waals surface area contributed by atoms with Gasteiger partial charge in [0.05, 0.1) is 0 Å². The summed E-state index contributed by atoms with van der Waals surface area (Å²) >= 11 is 1.71. The second-order valence-electron chi connectivity index (χ2n) is 5.70. The van der Waals surface area contributed by atoms with Crippen molar-refractivity contribution < 1.29 is 9.53 Å². The lowest BCUT2D eigenvalue weighted by Gasteiger charge is -2.20. The Morgan fingerprint density at radius 1 is 1.35 bits per heavy atom. The Bertz CT molecular complexity index is 426. The number of rotatable bonds is 5. The lowest BCUT2D eigenvalue weighted by molar-refractivity contribution is 0.0524. The van der Waals surface area contributed by atoms with E-state index in [1.807, 2.05) is 27.0 Å². The fourth-order valence-electron chi connectivity index (χ4n) is 1.67. The van der Waals surface area contributed by atoms with E-state index in [4.69, 9.17) is 10.5 Å². The van der Waals surface area contributed by atoms with Crippen LogP contribution >= 0.6 is 11.8 Å². The van der Waals surface area contributed by atoms with Crippen molar-refractivity contribution >= 4 is 17.9 Å². The van der Waals surface area contributed by atoms with Crippen molar-refractivity contribution in [1.82, 2.24) is 5.32 Å². The van der Waals surface area contributed by atoms with Crippen LogP contribution < -0.4 is 11.1 Å². The molecule has 0 aliphatic carbocycles. The van der Waals surface area contributed by atoms with Crippen LogP contribution in [0.3, 0.4) is 0 Å². The molecule has 4 nitrogen and oxygen atoms in total. The quantitative estimate of drug-likeness (QED) is 0.820. The minimum absolute atomic E-state index is 0.123. The fourth-order valence-corrected chi connectivity index (χ4v) is 2.07. The predicted molar refractivity (Wildman–Crippen MR) is 84.1 cm³/mol. The molecule has 1 aromatic rings. The van der Waals surface area contributed by atoms with E-state index < -0.39 is 11.7 Å². The summed E-state index contributed by atoms with van der Waals surface area (Å²) in [6, 6.07) is 8.17. The molecule has 0 aliphatic heterocycles. The average molecular weight is 296 g/mol. The van der Waals surface area contributed by atoms with E-state index in [9.17, 15) is 4.79 Å². The smallest absolute Gasteiger partial charge is 0.407 e. The molecule has 1 rings (SSSR count). The van der Waals surface area contributed by atoms with Gasteiger partial charge in [-0.15, -0.1) is 11.8 Å². The van der Waals surface area contributed by atoms with Crippen LogP contribution in [0.15, 0.2) is 29.2 Å². The van der Waals surface area contributed by atoms with E-state index in [2.05, 4.69) is 29.6 Å². The molecule has 1 unspecified atom stereocenters. The molecule has 5 heteroatoms. The molecule has 0 fully saturated rings. The Morgan fingerprint density at radius 2 is 1.95 bits per heavy atom. The molecule has 0 bridgehead atoms. The third-order valence-corrected chi connectivity index (χ3v) is 3.31. The molecule has 0 saturated heterocycles. The van der Waals surface area contributed by atoms with Gasteiger partial charge in [0, 0.05) is 17.5 Å². The van der Waals surface area contributed by atoms with Gasteiger partial charge < -0.3 is 15.8 Å². The Labute approximate surface area is 125 Å². The maximum Gasteiger partial charge on any atom is 0.407 e. The largest absolute Gasteiger partial charge is 0.444 e. The molecule has 1 aromatic carbocycles. The van der Waals surface area contributed by atoms with Crippen LogP contribution in [0.1, 0.15) is 26.3 Å². The number of thioether (sulfide) groups is 1. The maximum absolute atomic E-state index is 11.5. The van der Waals surface area contributed by atoms with E-state index in [0.717, 1.165) is 6.42 Å². The summed E-state index contributed by atoms with van der Waals surface area (Å²) in [7, 11) is 0. The SMILES string of the molecule is CSc1ccc(CC(N)CNC(=O)OC(C)(C)C)cc1. The van der Waals surface area contributed by atoms with Gasteiger partial charge in [-0.05, 0) is 51.1 Å². The molecule has 1 amide bonds. The average Bonchev–Trinajstić information content (AvgIpc) is 2.35.